The van der Waals surface area contributed by atoms with Crippen molar-refractivity contribution in [2.45, 2.75) is 12.3 Å². The van der Waals surface area contributed by atoms with Crippen molar-refractivity contribution in [3.63, 3.8) is 0 Å². The summed E-state index contributed by atoms with van der Waals surface area (Å²) in [5, 5.41) is 3.86. The van der Waals surface area contributed by atoms with Crippen LogP contribution in [0.25, 0.3) is 0 Å². The first-order valence-electron chi connectivity index (χ1n) is 4.51. The lowest BCUT2D eigenvalue weighted by Gasteiger charge is -2.24. The molecule has 3 N–H and O–H groups in total. The molecule has 14 heavy (non-hydrogen) atoms. The monoisotopic (exact) mass is 210 g/mol. The summed E-state index contributed by atoms with van der Waals surface area (Å²) in [6.45, 7) is 0.765. The maximum absolute atomic E-state index is 11.2. The molecule has 1 aliphatic heterocycles. The number of hydrogen-bond donors (Lipinski definition) is 2. The van der Waals surface area contributed by atoms with Gasteiger partial charge in [-0.1, -0.05) is 17.7 Å². The van der Waals surface area contributed by atoms with Gasteiger partial charge in [0.25, 0.3) is 0 Å². The van der Waals surface area contributed by atoms with Crippen molar-refractivity contribution in [3.05, 3.63) is 28.8 Å². The Morgan fingerprint density at radius 2 is 2.36 bits per heavy atom. The lowest BCUT2D eigenvalue weighted by Crippen LogP contribution is -2.27. The summed E-state index contributed by atoms with van der Waals surface area (Å²) in [6.07, 6.45) is 0.754. The lowest BCUT2D eigenvalue weighted by molar-refractivity contribution is -0.119. The fraction of sp³-hybridized carbons (Fsp3) is 0.300. The van der Waals surface area contributed by atoms with E-state index in [9.17, 15) is 4.79 Å². The number of carbonyl (C=O) groups is 1. The number of benzene rings is 1. The minimum Gasteiger partial charge on any atom is -0.385 e. The zero-order valence-electron chi connectivity index (χ0n) is 7.59. The second kappa shape index (κ2) is 3.50. The van der Waals surface area contributed by atoms with E-state index in [0.717, 1.165) is 24.2 Å². The highest BCUT2D eigenvalue weighted by Gasteiger charge is 2.24. The van der Waals surface area contributed by atoms with E-state index >= 15 is 0 Å². The Morgan fingerprint density at radius 1 is 1.57 bits per heavy atom. The molecule has 1 atom stereocenters. The number of anilines is 1. The molecule has 1 aromatic rings. The third-order valence-corrected chi connectivity index (χ3v) is 2.72. The van der Waals surface area contributed by atoms with Crippen molar-refractivity contribution in [1.29, 1.82) is 0 Å². The Hall–Kier alpha value is -1.22. The van der Waals surface area contributed by atoms with Crippen molar-refractivity contribution in [2.75, 3.05) is 11.9 Å². The van der Waals surface area contributed by atoms with Crippen molar-refractivity contribution in [2.24, 2.45) is 5.73 Å². The first-order valence-corrected chi connectivity index (χ1v) is 4.89. The molecule has 2 rings (SSSR count). The van der Waals surface area contributed by atoms with E-state index in [1.54, 1.807) is 6.07 Å². The van der Waals surface area contributed by atoms with Gasteiger partial charge >= 0.3 is 0 Å². The summed E-state index contributed by atoms with van der Waals surface area (Å²) in [5.74, 6) is -0.446. The number of hydrogen-bond acceptors (Lipinski definition) is 2. The maximum Gasteiger partial charge on any atom is 0.225 e. The number of nitrogens with one attached hydrogen (secondary N) is 1. The number of amides is 1. The molecule has 0 aliphatic carbocycles. The number of carbonyl (C=O) groups excluding carboxylic acids is 1. The SMILES string of the molecule is NC(=O)C1CCNc2cc(Cl)ccc21. The average Bonchev–Trinajstić information content (AvgIpc) is 2.16. The smallest absolute Gasteiger partial charge is 0.225 e. The first-order chi connectivity index (χ1) is 6.68. The van der Waals surface area contributed by atoms with Crippen LogP contribution in [0.1, 0.15) is 17.9 Å². The molecule has 0 aromatic heterocycles. The van der Waals surface area contributed by atoms with Crippen LogP contribution in [-0.4, -0.2) is 12.5 Å². The second-order valence-electron chi connectivity index (χ2n) is 3.40. The molecule has 3 nitrogen and oxygen atoms in total. The van der Waals surface area contributed by atoms with Gasteiger partial charge in [0, 0.05) is 17.3 Å². The number of primary amides is 1. The fourth-order valence-corrected chi connectivity index (χ4v) is 1.96. The minimum absolute atomic E-state index is 0.177. The van der Waals surface area contributed by atoms with Crippen LogP contribution in [0.3, 0.4) is 0 Å². The van der Waals surface area contributed by atoms with E-state index in [0.29, 0.717) is 5.02 Å². The van der Waals surface area contributed by atoms with Crippen molar-refractivity contribution in [1.82, 2.24) is 0 Å². The molecule has 0 bridgehead atoms. The lowest BCUT2D eigenvalue weighted by atomic mass is 9.90. The molecule has 0 fully saturated rings. The molecule has 0 saturated heterocycles. The van der Waals surface area contributed by atoms with Gasteiger partial charge in [-0.05, 0) is 24.1 Å². The highest BCUT2D eigenvalue weighted by molar-refractivity contribution is 6.30. The van der Waals surface area contributed by atoms with Crippen LogP contribution < -0.4 is 11.1 Å². The third kappa shape index (κ3) is 1.55. The predicted octanol–water partition coefficient (Wildman–Crippen LogP) is 1.72. The molecular formula is C10H11ClN2O. The van der Waals surface area contributed by atoms with Crippen LogP contribution in [0, 0.1) is 0 Å². The molecule has 4 heteroatoms. The Labute approximate surface area is 87.2 Å². The topological polar surface area (TPSA) is 55.1 Å². The van der Waals surface area contributed by atoms with E-state index < -0.39 is 0 Å². The van der Waals surface area contributed by atoms with Crippen LogP contribution in [0.5, 0.6) is 0 Å². The molecule has 1 aliphatic rings. The van der Waals surface area contributed by atoms with Gasteiger partial charge in [0.2, 0.25) is 5.91 Å². The zero-order valence-corrected chi connectivity index (χ0v) is 8.34. The summed E-state index contributed by atoms with van der Waals surface area (Å²) >= 11 is 5.85. The minimum atomic E-state index is -0.268. The van der Waals surface area contributed by atoms with E-state index in [-0.39, 0.29) is 11.8 Å². The molecule has 0 saturated carbocycles. The molecule has 1 amide bonds. The van der Waals surface area contributed by atoms with Crippen LogP contribution in [-0.2, 0) is 4.79 Å². The van der Waals surface area contributed by atoms with Crippen molar-refractivity contribution in [3.8, 4) is 0 Å². The van der Waals surface area contributed by atoms with Gasteiger partial charge < -0.3 is 11.1 Å². The van der Waals surface area contributed by atoms with Crippen LogP contribution >= 0.6 is 11.6 Å². The first kappa shape index (κ1) is 9.34. The van der Waals surface area contributed by atoms with Gasteiger partial charge in [-0.15, -0.1) is 0 Å². The number of halogens is 1. The maximum atomic E-state index is 11.2. The molecular weight excluding hydrogens is 200 g/mol. The summed E-state index contributed by atoms with van der Waals surface area (Å²) < 4.78 is 0. The Bertz CT molecular complexity index is 378. The molecule has 0 spiro atoms. The van der Waals surface area contributed by atoms with E-state index in [1.807, 2.05) is 12.1 Å². The average molecular weight is 211 g/mol. The second-order valence-corrected chi connectivity index (χ2v) is 3.84. The summed E-state index contributed by atoms with van der Waals surface area (Å²) in [5.41, 5.74) is 7.20. The van der Waals surface area contributed by atoms with E-state index in [1.165, 1.54) is 0 Å². The van der Waals surface area contributed by atoms with E-state index in [2.05, 4.69) is 5.32 Å². The highest BCUT2D eigenvalue weighted by Crippen LogP contribution is 2.33. The van der Waals surface area contributed by atoms with Gasteiger partial charge in [-0.3, -0.25) is 4.79 Å². The standard InChI is InChI=1S/C10H11ClN2O/c11-6-1-2-7-8(10(12)14)3-4-13-9(7)5-6/h1-2,5,8,13H,3-4H2,(H2,12,14). The molecule has 1 aromatic carbocycles. The fourth-order valence-electron chi connectivity index (χ4n) is 1.79. The number of rotatable bonds is 1. The molecule has 0 radical (unpaired) electrons. The van der Waals surface area contributed by atoms with Gasteiger partial charge in [0.1, 0.15) is 0 Å². The normalized spacial score (nSPS) is 19.6. The van der Waals surface area contributed by atoms with E-state index in [4.69, 9.17) is 17.3 Å². The number of nitrogens with two attached hydrogens (primary N) is 1. The zero-order chi connectivity index (χ0) is 10.1. The molecule has 1 unspecified atom stereocenters. The van der Waals surface area contributed by atoms with Crippen LogP contribution in [0.4, 0.5) is 5.69 Å². The van der Waals surface area contributed by atoms with Crippen LogP contribution in [0.2, 0.25) is 5.02 Å². The number of fused-ring (bicyclic) bond motifs is 1. The third-order valence-electron chi connectivity index (χ3n) is 2.48. The van der Waals surface area contributed by atoms with Gasteiger partial charge in [0.05, 0.1) is 5.92 Å². The summed E-state index contributed by atoms with van der Waals surface area (Å²) in [6, 6.07) is 5.47. The largest absolute Gasteiger partial charge is 0.385 e. The van der Waals surface area contributed by atoms with Crippen molar-refractivity contribution < 1.29 is 4.79 Å². The quantitative estimate of drug-likeness (QED) is 0.742. The molecule has 74 valence electrons. The van der Waals surface area contributed by atoms with Gasteiger partial charge in [0.15, 0.2) is 0 Å². The van der Waals surface area contributed by atoms with Gasteiger partial charge in [-0.2, -0.15) is 0 Å². The highest BCUT2D eigenvalue weighted by atomic mass is 35.5. The van der Waals surface area contributed by atoms with Crippen molar-refractivity contribution >= 4 is 23.2 Å². The Balaban J connectivity index is 2.44. The Morgan fingerprint density at radius 3 is 3.07 bits per heavy atom. The Kier molecular flexibility index (Phi) is 2.33. The summed E-state index contributed by atoms with van der Waals surface area (Å²) in [7, 11) is 0. The van der Waals surface area contributed by atoms with Gasteiger partial charge in [-0.25, -0.2) is 0 Å². The molecule has 1 heterocycles. The summed E-state index contributed by atoms with van der Waals surface area (Å²) in [4.78, 5) is 11.2. The van der Waals surface area contributed by atoms with Crippen LogP contribution in [0.15, 0.2) is 18.2 Å². The predicted molar refractivity (Wildman–Crippen MR) is 56.5 cm³/mol.